The predicted octanol–water partition coefficient (Wildman–Crippen LogP) is 7.72. The highest BCUT2D eigenvalue weighted by Gasteiger charge is 2.46. The molecule has 2 aliphatic heterocycles. The first-order chi connectivity index (χ1) is 28.2. The molecule has 2 aliphatic rings. The van der Waals surface area contributed by atoms with E-state index in [0.717, 1.165) is 81.1 Å². The fourth-order valence-corrected chi connectivity index (χ4v) is 11.5. The number of carbonyl (C=O) groups excluding carboxylic acids is 4. The maximum atomic E-state index is 14.1. The molecule has 1 unspecified atom stereocenters. The summed E-state index contributed by atoms with van der Waals surface area (Å²) in [5.41, 5.74) is 5.74. The van der Waals surface area contributed by atoms with Crippen LogP contribution in [0.15, 0.2) is 60.8 Å². The zero-order valence-electron chi connectivity index (χ0n) is 35.2. The fraction of sp³-hybridized carbons (Fsp3) is 0.455. The van der Waals surface area contributed by atoms with Gasteiger partial charge in [-0.3, -0.25) is 9.59 Å². The van der Waals surface area contributed by atoms with Crippen molar-refractivity contribution in [2.45, 2.75) is 90.3 Å². The molecule has 0 aliphatic carbocycles. The quantitative estimate of drug-likeness (QED) is 0.0981. The molecule has 0 saturated carbocycles. The van der Waals surface area contributed by atoms with Gasteiger partial charge < -0.3 is 39.9 Å². The molecule has 4 N–H and O–H groups in total. The highest BCUT2D eigenvalue weighted by Crippen LogP contribution is 2.40. The van der Waals surface area contributed by atoms with Crippen molar-refractivity contribution in [1.82, 2.24) is 40.4 Å². The molecule has 0 radical (unpaired) electrons. The number of nitrogens with one attached hydrogen (secondary N) is 4. The SMILES string of the molecule is CCC(C)[C@H](NC(=O)OC)C(=O)N1C[Si](C)(C)C[C@H]1c1nc2c(ccc3cc(-c4ccc(-c5cnc([C@@H]6CCCN6C(=O)[C@@H](NC(=O)OC)C(C)C)[nH]5)cc4)ccc32)[nH]1. The van der Waals surface area contributed by atoms with E-state index in [-0.39, 0.29) is 35.7 Å². The highest BCUT2D eigenvalue weighted by atomic mass is 28.3. The van der Waals surface area contributed by atoms with Gasteiger partial charge in [-0.1, -0.05) is 89.7 Å². The van der Waals surface area contributed by atoms with Crippen molar-refractivity contribution in [3.63, 3.8) is 0 Å². The third-order valence-electron chi connectivity index (χ3n) is 12.1. The van der Waals surface area contributed by atoms with Crippen LogP contribution in [0.5, 0.6) is 0 Å². The van der Waals surface area contributed by atoms with Crippen LogP contribution in [-0.2, 0) is 19.1 Å². The summed E-state index contributed by atoms with van der Waals surface area (Å²) in [6.45, 7) is 13.0. The maximum absolute atomic E-state index is 14.1. The zero-order chi connectivity index (χ0) is 42.2. The first kappa shape index (κ1) is 41.5. The number of methoxy groups -OCH3 is 2. The lowest BCUT2D eigenvalue weighted by atomic mass is 9.97. The van der Waals surface area contributed by atoms with E-state index in [1.54, 1.807) is 0 Å². The number of fused-ring (bicyclic) bond motifs is 3. The first-order valence-electron chi connectivity index (χ1n) is 20.6. The minimum absolute atomic E-state index is 0.0644. The van der Waals surface area contributed by atoms with Crippen LogP contribution in [0.4, 0.5) is 9.59 Å². The number of likely N-dealkylation sites (tertiary alicyclic amines) is 1. The Bertz CT molecular complexity index is 2360. The van der Waals surface area contributed by atoms with E-state index in [0.29, 0.717) is 12.7 Å². The molecule has 2 fully saturated rings. The van der Waals surface area contributed by atoms with Crippen molar-refractivity contribution < 1.29 is 28.7 Å². The van der Waals surface area contributed by atoms with Crippen LogP contribution < -0.4 is 10.6 Å². The standard InChI is InChI=1S/C44H56N8O6Si/c1-9-26(4)37(50-44(56)58-6)42(54)52-24-59(7,8)23-35(52)40-46-32-19-17-30-21-29(16-18-31(30)38(32)48-40)27-12-14-28(15-13-27)33-22-45-39(47-33)34-11-10-20-51(34)41(53)36(25(2)3)49-43(55)57-5/h12-19,21-22,25-26,34-37H,9-11,20,23-24H2,1-8H3,(H,45,47)(H,46,48)(H,49,55)(H,50,56)/t26?,34-,35-,36-,37-/m0/s1. The number of benzene rings is 3. The number of H-pyrrole nitrogens is 2. The van der Waals surface area contributed by atoms with Crippen LogP contribution in [0.3, 0.4) is 0 Å². The Morgan fingerprint density at radius 2 is 1.49 bits per heavy atom. The fourth-order valence-electron chi connectivity index (χ4n) is 8.64. The molecule has 7 rings (SSSR count). The van der Waals surface area contributed by atoms with Crippen LogP contribution in [0.1, 0.15) is 70.7 Å². The molecule has 5 atom stereocenters. The van der Waals surface area contributed by atoms with Crippen LogP contribution in [-0.4, -0.2) is 101 Å². The number of aromatic amines is 2. The minimum Gasteiger partial charge on any atom is -0.453 e. The number of ether oxygens (including phenoxy) is 2. The van der Waals surface area contributed by atoms with Crippen molar-refractivity contribution in [3.8, 4) is 22.4 Å². The number of hydrogen-bond acceptors (Lipinski definition) is 8. The zero-order valence-corrected chi connectivity index (χ0v) is 36.2. The molecule has 2 aromatic heterocycles. The van der Waals surface area contributed by atoms with Crippen molar-refractivity contribution in [3.05, 3.63) is 72.4 Å². The largest absolute Gasteiger partial charge is 0.453 e. The van der Waals surface area contributed by atoms with E-state index in [4.69, 9.17) is 19.4 Å². The smallest absolute Gasteiger partial charge is 0.407 e. The lowest BCUT2D eigenvalue weighted by molar-refractivity contribution is -0.136. The summed E-state index contributed by atoms with van der Waals surface area (Å²) in [5.74, 6) is 1.08. The second-order valence-electron chi connectivity index (χ2n) is 17.2. The van der Waals surface area contributed by atoms with Gasteiger partial charge in [-0.05, 0) is 64.9 Å². The molecule has 3 aromatic carbocycles. The summed E-state index contributed by atoms with van der Waals surface area (Å²) in [6, 6.07) is 18.0. The molecular weight excluding hydrogens is 765 g/mol. The Balaban J connectivity index is 1.09. The summed E-state index contributed by atoms with van der Waals surface area (Å²) in [6.07, 6.45) is 3.62. The Kier molecular flexibility index (Phi) is 11.9. The van der Waals surface area contributed by atoms with Crippen molar-refractivity contribution >= 4 is 53.9 Å². The average molecular weight is 821 g/mol. The van der Waals surface area contributed by atoms with Gasteiger partial charge in [-0.2, -0.15) is 0 Å². The van der Waals surface area contributed by atoms with Crippen LogP contribution >= 0.6 is 0 Å². The van der Waals surface area contributed by atoms with E-state index in [1.165, 1.54) is 14.2 Å². The highest BCUT2D eigenvalue weighted by molar-refractivity contribution is 6.78. The lowest BCUT2D eigenvalue weighted by Gasteiger charge is -2.31. The molecule has 312 valence electrons. The van der Waals surface area contributed by atoms with E-state index >= 15 is 0 Å². The average Bonchev–Trinajstić information content (AvgIpc) is 4.06. The Morgan fingerprint density at radius 3 is 2.17 bits per heavy atom. The van der Waals surface area contributed by atoms with Gasteiger partial charge in [0.25, 0.3) is 0 Å². The molecule has 4 heterocycles. The number of nitrogens with zero attached hydrogens (tertiary/aromatic N) is 4. The number of hydrogen-bond donors (Lipinski definition) is 4. The Hall–Kier alpha value is -5.70. The minimum atomic E-state index is -1.78. The van der Waals surface area contributed by atoms with Gasteiger partial charge >= 0.3 is 12.2 Å². The van der Waals surface area contributed by atoms with Gasteiger partial charge in [0.05, 0.1) is 57.3 Å². The van der Waals surface area contributed by atoms with Gasteiger partial charge in [-0.15, -0.1) is 0 Å². The van der Waals surface area contributed by atoms with E-state index in [2.05, 4.69) is 88.3 Å². The second kappa shape index (κ2) is 16.9. The van der Waals surface area contributed by atoms with Crippen LogP contribution in [0.2, 0.25) is 19.1 Å². The van der Waals surface area contributed by atoms with Crippen LogP contribution in [0.25, 0.3) is 44.2 Å². The molecule has 5 aromatic rings. The molecule has 2 saturated heterocycles. The summed E-state index contributed by atoms with van der Waals surface area (Å²) in [4.78, 5) is 72.6. The summed E-state index contributed by atoms with van der Waals surface area (Å²) < 4.78 is 9.64. The molecule has 0 bridgehead atoms. The summed E-state index contributed by atoms with van der Waals surface area (Å²) in [5, 5.41) is 7.59. The van der Waals surface area contributed by atoms with Crippen molar-refractivity contribution in [2.75, 3.05) is 26.9 Å². The van der Waals surface area contributed by atoms with Gasteiger partial charge in [0.1, 0.15) is 23.7 Å². The predicted molar refractivity (Wildman–Crippen MR) is 230 cm³/mol. The van der Waals surface area contributed by atoms with Crippen molar-refractivity contribution in [2.24, 2.45) is 11.8 Å². The number of imidazole rings is 2. The van der Waals surface area contributed by atoms with E-state index in [1.807, 2.05) is 43.7 Å². The van der Waals surface area contributed by atoms with Crippen molar-refractivity contribution in [1.29, 1.82) is 0 Å². The topological polar surface area (TPSA) is 175 Å². The van der Waals surface area contributed by atoms with E-state index < -0.39 is 32.3 Å². The summed E-state index contributed by atoms with van der Waals surface area (Å²) >= 11 is 0. The van der Waals surface area contributed by atoms with Gasteiger partial charge in [0.15, 0.2) is 0 Å². The number of amides is 4. The molecular formula is C44H56N8O6Si. The lowest BCUT2D eigenvalue weighted by Crippen LogP contribution is -2.52. The van der Waals surface area contributed by atoms with Gasteiger partial charge in [0, 0.05) is 18.1 Å². The van der Waals surface area contributed by atoms with Gasteiger partial charge in [0.2, 0.25) is 11.8 Å². The first-order valence-corrected chi connectivity index (χ1v) is 24.0. The van der Waals surface area contributed by atoms with E-state index in [9.17, 15) is 19.2 Å². The normalized spacial score (nSPS) is 19.2. The Morgan fingerprint density at radius 1 is 0.831 bits per heavy atom. The number of aromatic nitrogens is 4. The maximum Gasteiger partial charge on any atom is 0.407 e. The Labute approximate surface area is 345 Å². The molecule has 14 nitrogen and oxygen atoms in total. The van der Waals surface area contributed by atoms with Crippen LogP contribution in [0, 0.1) is 11.8 Å². The molecule has 59 heavy (non-hydrogen) atoms. The number of carbonyl (C=O) groups is 4. The number of rotatable bonds is 11. The monoisotopic (exact) mass is 820 g/mol. The molecule has 4 amide bonds. The molecule has 15 heteroatoms. The number of alkyl carbamates (subject to hydrolysis) is 2. The summed E-state index contributed by atoms with van der Waals surface area (Å²) in [7, 11) is 0.822. The molecule has 0 spiro atoms. The third kappa shape index (κ3) is 8.43. The third-order valence-corrected chi connectivity index (χ3v) is 14.8. The second-order valence-corrected chi connectivity index (χ2v) is 22.2. The van der Waals surface area contributed by atoms with Gasteiger partial charge in [-0.25, -0.2) is 19.6 Å².